The van der Waals surface area contributed by atoms with E-state index < -0.39 is 0 Å². The predicted octanol–water partition coefficient (Wildman–Crippen LogP) is 4.41. The third-order valence-corrected chi connectivity index (χ3v) is 6.43. The molecule has 0 aliphatic carbocycles. The van der Waals surface area contributed by atoms with Crippen molar-refractivity contribution in [3.8, 4) is 0 Å². The van der Waals surface area contributed by atoms with E-state index in [9.17, 15) is 0 Å². The summed E-state index contributed by atoms with van der Waals surface area (Å²) in [6.45, 7) is 4.80. The first kappa shape index (κ1) is 14.7. The first-order valence-electron chi connectivity index (χ1n) is 7.47. The van der Waals surface area contributed by atoms with Crippen molar-refractivity contribution in [2.75, 3.05) is 38.1 Å². The minimum atomic E-state index is 0.599. The van der Waals surface area contributed by atoms with Crippen LogP contribution in [0.25, 0.3) is 0 Å². The molecule has 1 aromatic rings. The van der Waals surface area contributed by atoms with Crippen LogP contribution in [-0.2, 0) is 0 Å². The van der Waals surface area contributed by atoms with Crippen LogP contribution in [0.15, 0.2) is 22.7 Å². The quantitative estimate of drug-likeness (QED) is 0.734. The Balaban J connectivity index is 1.68. The molecule has 1 aromatic carbocycles. The van der Waals surface area contributed by atoms with Gasteiger partial charge in [0.2, 0.25) is 0 Å². The topological polar surface area (TPSA) is 6.48 Å². The van der Waals surface area contributed by atoms with Crippen LogP contribution >= 0.6 is 27.5 Å². The van der Waals surface area contributed by atoms with Gasteiger partial charge in [0.25, 0.3) is 0 Å². The van der Waals surface area contributed by atoms with E-state index in [1.54, 1.807) is 0 Å². The standard InChI is InChI=1S/C16H22BrClN2/c1-19-9-5-16(6-10-19)7-11-20(12-8-16)14-4-2-3-13(17)15(14)18/h2-4H,5-12H2,1H3. The van der Waals surface area contributed by atoms with Gasteiger partial charge in [-0.25, -0.2) is 0 Å². The lowest BCUT2D eigenvalue weighted by Gasteiger charge is -2.47. The molecule has 2 nitrogen and oxygen atoms in total. The number of piperidine rings is 2. The second kappa shape index (κ2) is 5.86. The van der Waals surface area contributed by atoms with E-state index in [4.69, 9.17) is 11.6 Å². The number of anilines is 1. The summed E-state index contributed by atoms with van der Waals surface area (Å²) < 4.78 is 0.997. The number of hydrogen-bond acceptors (Lipinski definition) is 2. The summed E-state index contributed by atoms with van der Waals surface area (Å²) in [6, 6.07) is 6.22. The molecule has 0 amide bonds. The fourth-order valence-electron chi connectivity index (χ4n) is 3.55. The predicted molar refractivity (Wildman–Crippen MR) is 89.8 cm³/mol. The maximum atomic E-state index is 6.43. The van der Waals surface area contributed by atoms with E-state index in [2.05, 4.69) is 44.9 Å². The van der Waals surface area contributed by atoms with Gasteiger partial charge in [0.1, 0.15) is 0 Å². The highest BCUT2D eigenvalue weighted by molar-refractivity contribution is 9.10. The molecular weight excluding hydrogens is 336 g/mol. The third kappa shape index (κ3) is 2.86. The fraction of sp³-hybridized carbons (Fsp3) is 0.625. The zero-order valence-corrected chi connectivity index (χ0v) is 14.4. The largest absolute Gasteiger partial charge is 0.370 e. The van der Waals surface area contributed by atoms with Crippen molar-refractivity contribution in [1.29, 1.82) is 0 Å². The minimum Gasteiger partial charge on any atom is -0.370 e. The van der Waals surface area contributed by atoms with Crippen molar-refractivity contribution >= 4 is 33.2 Å². The summed E-state index contributed by atoms with van der Waals surface area (Å²) in [7, 11) is 2.24. The van der Waals surface area contributed by atoms with Crippen LogP contribution in [0.3, 0.4) is 0 Å². The zero-order chi connectivity index (χ0) is 14.2. The second-order valence-corrected chi connectivity index (χ2v) is 7.60. The number of rotatable bonds is 1. The first-order valence-corrected chi connectivity index (χ1v) is 8.64. The molecule has 3 rings (SSSR count). The SMILES string of the molecule is CN1CCC2(CC1)CCN(c1cccc(Br)c1Cl)CC2. The van der Waals surface area contributed by atoms with Crippen LogP contribution in [0, 0.1) is 5.41 Å². The molecule has 1 spiro atoms. The van der Waals surface area contributed by atoms with Crippen molar-refractivity contribution in [2.24, 2.45) is 5.41 Å². The summed E-state index contributed by atoms with van der Waals surface area (Å²) in [5, 5.41) is 0.854. The van der Waals surface area contributed by atoms with Crippen LogP contribution in [0.4, 0.5) is 5.69 Å². The second-order valence-electron chi connectivity index (χ2n) is 6.36. The van der Waals surface area contributed by atoms with E-state index in [-0.39, 0.29) is 0 Å². The van der Waals surface area contributed by atoms with E-state index >= 15 is 0 Å². The van der Waals surface area contributed by atoms with Crippen molar-refractivity contribution < 1.29 is 0 Å². The average molecular weight is 358 g/mol. The lowest BCUT2D eigenvalue weighted by Crippen LogP contribution is -2.46. The molecule has 0 N–H and O–H groups in total. The molecule has 0 unspecified atom stereocenters. The summed E-state index contributed by atoms with van der Waals surface area (Å²) in [6.07, 6.45) is 5.35. The summed E-state index contributed by atoms with van der Waals surface area (Å²) >= 11 is 9.95. The Bertz CT molecular complexity index is 473. The number of likely N-dealkylation sites (tertiary alicyclic amines) is 1. The van der Waals surface area contributed by atoms with Gasteiger partial charge in [-0.1, -0.05) is 17.7 Å². The summed E-state index contributed by atoms with van der Waals surface area (Å²) in [5.41, 5.74) is 1.78. The van der Waals surface area contributed by atoms with Gasteiger partial charge in [0.05, 0.1) is 10.7 Å². The number of benzene rings is 1. The minimum absolute atomic E-state index is 0.599. The number of nitrogens with zero attached hydrogens (tertiary/aromatic N) is 2. The molecule has 0 radical (unpaired) electrons. The van der Waals surface area contributed by atoms with Crippen molar-refractivity contribution in [2.45, 2.75) is 25.7 Å². The molecule has 2 aliphatic heterocycles. The molecule has 2 aliphatic rings. The van der Waals surface area contributed by atoms with Gasteiger partial charge in [-0.05, 0) is 79.3 Å². The molecule has 0 atom stereocenters. The lowest BCUT2D eigenvalue weighted by atomic mass is 9.71. The molecular formula is C16H22BrClN2. The molecule has 2 fully saturated rings. The van der Waals surface area contributed by atoms with Crippen LogP contribution in [0.1, 0.15) is 25.7 Å². The van der Waals surface area contributed by atoms with Crippen molar-refractivity contribution in [3.63, 3.8) is 0 Å². The Morgan fingerprint density at radius 2 is 1.65 bits per heavy atom. The van der Waals surface area contributed by atoms with E-state index in [0.29, 0.717) is 5.41 Å². The highest BCUT2D eigenvalue weighted by atomic mass is 79.9. The molecule has 20 heavy (non-hydrogen) atoms. The van der Waals surface area contributed by atoms with Gasteiger partial charge in [-0.15, -0.1) is 0 Å². The van der Waals surface area contributed by atoms with Gasteiger partial charge >= 0.3 is 0 Å². The number of halogens is 2. The highest BCUT2D eigenvalue weighted by Crippen LogP contribution is 2.43. The maximum absolute atomic E-state index is 6.43. The molecule has 110 valence electrons. The maximum Gasteiger partial charge on any atom is 0.0781 e. The van der Waals surface area contributed by atoms with Gasteiger partial charge in [0, 0.05) is 17.6 Å². The number of hydrogen-bond donors (Lipinski definition) is 0. The van der Waals surface area contributed by atoms with Gasteiger partial charge < -0.3 is 9.80 Å². The van der Waals surface area contributed by atoms with Crippen LogP contribution in [-0.4, -0.2) is 38.1 Å². The Morgan fingerprint density at radius 1 is 1.05 bits per heavy atom. The summed E-state index contributed by atoms with van der Waals surface area (Å²) in [5.74, 6) is 0. The molecule has 2 saturated heterocycles. The normalized spacial score (nSPS) is 23.2. The highest BCUT2D eigenvalue weighted by Gasteiger charge is 2.37. The Morgan fingerprint density at radius 3 is 2.30 bits per heavy atom. The molecule has 0 bridgehead atoms. The lowest BCUT2D eigenvalue weighted by molar-refractivity contribution is 0.0945. The Kier molecular flexibility index (Phi) is 4.30. The fourth-order valence-corrected chi connectivity index (χ4v) is 4.15. The van der Waals surface area contributed by atoms with E-state index in [1.807, 2.05) is 6.07 Å². The summed E-state index contributed by atoms with van der Waals surface area (Å²) in [4.78, 5) is 4.92. The molecule has 0 aromatic heterocycles. The van der Waals surface area contributed by atoms with Crippen LogP contribution in [0.2, 0.25) is 5.02 Å². The van der Waals surface area contributed by atoms with Crippen molar-refractivity contribution in [3.05, 3.63) is 27.7 Å². The molecule has 4 heteroatoms. The Labute approximate surface area is 135 Å². The third-order valence-electron chi connectivity index (χ3n) is 5.14. The Hall–Kier alpha value is -0.250. The zero-order valence-electron chi connectivity index (χ0n) is 12.0. The average Bonchev–Trinajstić information content (AvgIpc) is 2.47. The van der Waals surface area contributed by atoms with Crippen molar-refractivity contribution in [1.82, 2.24) is 4.90 Å². The van der Waals surface area contributed by atoms with E-state index in [1.165, 1.54) is 44.5 Å². The van der Waals surface area contributed by atoms with E-state index in [0.717, 1.165) is 22.6 Å². The molecule has 2 heterocycles. The van der Waals surface area contributed by atoms with Crippen LogP contribution in [0.5, 0.6) is 0 Å². The smallest absolute Gasteiger partial charge is 0.0781 e. The van der Waals surface area contributed by atoms with Gasteiger partial charge in [-0.2, -0.15) is 0 Å². The van der Waals surface area contributed by atoms with Crippen LogP contribution < -0.4 is 4.90 Å². The monoisotopic (exact) mass is 356 g/mol. The molecule has 0 saturated carbocycles. The van der Waals surface area contributed by atoms with Gasteiger partial charge in [0.15, 0.2) is 0 Å². The van der Waals surface area contributed by atoms with Gasteiger partial charge in [-0.3, -0.25) is 0 Å². The first-order chi connectivity index (χ1) is 9.60.